The lowest BCUT2D eigenvalue weighted by atomic mass is 10.3. The Balaban J connectivity index is 2.31. The van der Waals surface area contributed by atoms with Crippen LogP contribution in [0.4, 0.5) is 13.2 Å². The molecule has 96 valence electrons. The molecule has 0 fully saturated rings. The number of nitrogens with zero attached hydrogens (tertiary/aromatic N) is 4. The van der Waals surface area contributed by atoms with Crippen molar-refractivity contribution in [1.29, 1.82) is 0 Å². The molecule has 2 aromatic rings. The van der Waals surface area contributed by atoms with Crippen LogP contribution >= 0.6 is 0 Å². The van der Waals surface area contributed by atoms with Crippen molar-refractivity contribution in [2.24, 2.45) is 7.05 Å². The summed E-state index contributed by atoms with van der Waals surface area (Å²) in [6, 6.07) is 2.46. The molecule has 0 atom stereocenters. The Morgan fingerprint density at radius 2 is 2.06 bits per heavy atom. The van der Waals surface area contributed by atoms with Gasteiger partial charge in [0.25, 0.3) is 0 Å². The van der Waals surface area contributed by atoms with Gasteiger partial charge in [0, 0.05) is 18.7 Å². The van der Waals surface area contributed by atoms with Crippen LogP contribution in [0, 0.1) is 6.92 Å². The SMILES string of the molecule is Cc1ccnnc1Oc1cc(C(F)(F)F)nn1C. The van der Waals surface area contributed by atoms with Crippen LogP contribution in [0.5, 0.6) is 11.8 Å². The molecule has 0 aromatic carbocycles. The zero-order valence-corrected chi connectivity index (χ0v) is 9.56. The predicted octanol–water partition coefficient (Wildman–Crippen LogP) is 2.33. The second-order valence-corrected chi connectivity index (χ2v) is 3.61. The van der Waals surface area contributed by atoms with Crippen LogP contribution in [0.25, 0.3) is 0 Å². The molecule has 0 amide bonds. The minimum Gasteiger partial charge on any atom is -0.419 e. The van der Waals surface area contributed by atoms with Gasteiger partial charge in [-0.05, 0) is 13.0 Å². The van der Waals surface area contributed by atoms with E-state index in [1.165, 1.54) is 13.2 Å². The van der Waals surface area contributed by atoms with Gasteiger partial charge >= 0.3 is 6.18 Å². The highest BCUT2D eigenvalue weighted by Gasteiger charge is 2.35. The minimum atomic E-state index is -4.50. The van der Waals surface area contributed by atoms with E-state index in [9.17, 15) is 13.2 Å². The summed E-state index contributed by atoms with van der Waals surface area (Å²) in [5, 5.41) is 10.6. The van der Waals surface area contributed by atoms with Crippen molar-refractivity contribution in [3.05, 3.63) is 29.6 Å². The Kier molecular flexibility index (Phi) is 2.93. The largest absolute Gasteiger partial charge is 0.435 e. The van der Waals surface area contributed by atoms with Gasteiger partial charge < -0.3 is 4.74 Å². The molecule has 0 bridgehead atoms. The molecule has 0 saturated carbocycles. The average molecular weight is 258 g/mol. The van der Waals surface area contributed by atoms with Gasteiger partial charge in [-0.1, -0.05) is 0 Å². The van der Waals surface area contributed by atoms with E-state index in [0.717, 1.165) is 10.7 Å². The molecule has 8 heteroatoms. The van der Waals surface area contributed by atoms with E-state index in [4.69, 9.17) is 4.74 Å². The van der Waals surface area contributed by atoms with Crippen molar-refractivity contribution < 1.29 is 17.9 Å². The van der Waals surface area contributed by atoms with Gasteiger partial charge in [0.2, 0.25) is 11.8 Å². The summed E-state index contributed by atoms with van der Waals surface area (Å²) < 4.78 is 43.6. The van der Waals surface area contributed by atoms with Gasteiger partial charge in [0.15, 0.2) is 5.69 Å². The standard InChI is InChI=1S/C10H9F3N4O/c1-6-3-4-14-15-9(6)18-8-5-7(10(11,12)13)16-17(8)2/h3-5H,1-2H3. The molecule has 0 aliphatic heterocycles. The maximum Gasteiger partial charge on any atom is 0.435 e. The fourth-order valence-corrected chi connectivity index (χ4v) is 1.27. The number of hydrogen-bond acceptors (Lipinski definition) is 4. The first-order valence-corrected chi connectivity index (χ1v) is 4.95. The Bertz CT molecular complexity index is 564. The Hall–Kier alpha value is -2.12. The molecular formula is C10H9F3N4O. The number of rotatable bonds is 2. The quantitative estimate of drug-likeness (QED) is 0.829. The lowest BCUT2D eigenvalue weighted by Gasteiger charge is -2.05. The number of ether oxygens (including phenoxy) is 1. The Morgan fingerprint density at radius 3 is 2.61 bits per heavy atom. The summed E-state index contributed by atoms with van der Waals surface area (Å²) in [7, 11) is 1.36. The van der Waals surface area contributed by atoms with E-state index in [1.807, 2.05) is 0 Å². The van der Waals surface area contributed by atoms with Crippen molar-refractivity contribution in [3.63, 3.8) is 0 Å². The van der Waals surface area contributed by atoms with Gasteiger partial charge in [-0.25, -0.2) is 4.68 Å². The molecule has 0 aliphatic rings. The molecule has 0 radical (unpaired) electrons. The number of hydrogen-bond donors (Lipinski definition) is 0. The van der Waals surface area contributed by atoms with Gasteiger partial charge in [-0.3, -0.25) is 0 Å². The fraction of sp³-hybridized carbons (Fsp3) is 0.300. The molecule has 0 spiro atoms. The van der Waals surface area contributed by atoms with E-state index >= 15 is 0 Å². The molecule has 18 heavy (non-hydrogen) atoms. The highest BCUT2D eigenvalue weighted by atomic mass is 19.4. The maximum atomic E-state index is 12.4. The summed E-state index contributed by atoms with van der Waals surface area (Å²) in [4.78, 5) is 0. The van der Waals surface area contributed by atoms with Crippen molar-refractivity contribution in [2.75, 3.05) is 0 Å². The smallest absolute Gasteiger partial charge is 0.419 e. The molecule has 5 nitrogen and oxygen atoms in total. The van der Waals surface area contributed by atoms with Crippen LogP contribution in [-0.2, 0) is 13.2 Å². The van der Waals surface area contributed by atoms with Gasteiger partial charge in [0.05, 0.1) is 6.20 Å². The lowest BCUT2D eigenvalue weighted by molar-refractivity contribution is -0.141. The summed E-state index contributed by atoms with van der Waals surface area (Å²) >= 11 is 0. The zero-order valence-electron chi connectivity index (χ0n) is 9.56. The van der Waals surface area contributed by atoms with Crippen LogP contribution in [0.3, 0.4) is 0 Å². The third-order valence-corrected chi connectivity index (χ3v) is 2.21. The molecule has 2 heterocycles. The number of halogens is 3. The van der Waals surface area contributed by atoms with Crippen molar-refractivity contribution >= 4 is 0 Å². The molecular weight excluding hydrogens is 249 g/mol. The third kappa shape index (κ3) is 2.41. The number of aromatic nitrogens is 4. The van der Waals surface area contributed by atoms with Crippen LogP contribution in [0.1, 0.15) is 11.3 Å². The van der Waals surface area contributed by atoms with Gasteiger partial charge in [-0.2, -0.15) is 23.4 Å². The van der Waals surface area contributed by atoms with E-state index in [2.05, 4.69) is 15.3 Å². The molecule has 0 saturated heterocycles. The molecule has 0 unspecified atom stereocenters. The van der Waals surface area contributed by atoms with Crippen LogP contribution < -0.4 is 4.74 Å². The Morgan fingerprint density at radius 1 is 1.33 bits per heavy atom. The second-order valence-electron chi connectivity index (χ2n) is 3.61. The normalized spacial score (nSPS) is 11.6. The first kappa shape index (κ1) is 12.3. The lowest BCUT2D eigenvalue weighted by Crippen LogP contribution is -2.06. The topological polar surface area (TPSA) is 52.8 Å². The van der Waals surface area contributed by atoms with Crippen LogP contribution in [0.15, 0.2) is 18.3 Å². The van der Waals surface area contributed by atoms with E-state index in [-0.39, 0.29) is 11.8 Å². The first-order chi connectivity index (χ1) is 8.38. The third-order valence-electron chi connectivity index (χ3n) is 2.21. The molecule has 2 rings (SSSR count). The van der Waals surface area contributed by atoms with E-state index < -0.39 is 11.9 Å². The summed E-state index contributed by atoms with van der Waals surface area (Å²) in [5.74, 6) is 0.0974. The highest BCUT2D eigenvalue weighted by Crippen LogP contribution is 2.31. The van der Waals surface area contributed by atoms with E-state index in [0.29, 0.717) is 5.56 Å². The van der Waals surface area contributed by atoms with E-state index in [1.54, 1.807) is 13.0 Å². The molecule has 0 aliphatic carbocycles. The summed E-state index contributed by atoms with van der Waals surface area (Å²) in [6.45, 7) is 1.71. The monoisotopic (exact) mass is 258 g/mol. The maximum absolute atomic E-state index is 12.4. The van der Waals surface area contributed by atoms with Gasteiger partial charge in [-0.15, -0.1) is 5.10 Å². The molecule has 2 aromatic heterocycles. The molecule has 0 N–H and O–H groups in total. The van der Waals surface area contributed by atoms with Crippen molar-refractivity contribution in [2.45, 2.75) is 13.1 Å². The Labute approximate surface area is 100 Å². The first-order valence-electron chi connectivity index (χ1n) is 4.95. The summed E-state index contributed by atoms with van der Waals surface area (Å²) in [5.41, 5.74) is -0.346. The van der Waals surface area contributed by atoms with Crippen LogP contribution in [0.2, 0.25) is 0 Å². The number of aryl methyl sites for hydroxylation is 2. The van der Waals surface area contributed by atoms with Crippen LogP contribution in [-0.4, -0.2) is 20.0 Å². The van der Waals surface area contributed by atoms with Crippen molar-refractivity contribution in [3.8, 4) is 11.8 Å². The minimum absolute atomic E-state index is 0.0501. The van der Waals surface area contributed by atoms with Crippen molar-refractivity contribution in [1.82, 2.24) is 20.0 Å². The second kappa shape index (κ2) is 4.28. The number of alkyl halides is 3. The fourth-order valence-electron chi connectivity index (χ4n) is 1.27. The highest BCUT2D eigenvalue weighted by molar-refractivity contribution is 5.27. The zero-order chi connectivity index (χ0) is 13.3. The predicted molar refractivity (Wildman–Crippen MR) is 55.1 cm³/mol. The van der Waals surface area contributed by atoms with Gasteiger partial charge in [0.1, 0.15) is 0 Å². The summed E-state index contributed by atoms with van der Waals surface area (Å²) in [6.07, 6.45) is -3.04. The average Bonchev–Trinajstić information content (AvgIpc) is 2.63.